The summed E-state index contributed by atoms with van der Waals surface area (Å²) in [6.07, 6.45) is 0.932. The van der Waals surface area contributed by atoms with E-state index >= 15 is 0 Å². The molecule has 0 aromatic heterocycles. The lowest BCUT2D eigenvalue weighted by molar-refractivity contribution is -0.0322. The summed E-state index contributed by atoms with van der Waals surface area (Å²) in [5.41, 5.74) is 1.42. The summed E-state index contributed by atoms with van der Waals surface area (Å²) in [6.45, 7) is 8.19. The van der Waals surface area contributed by atoms with Crippen molar-refractivity contribution in [1.82, 2.24) is 0 Å². The topological polar surface area (TPSA) is 35.5 Å². The van der Waals surface area contributed by atoms with Crippen LogP contribution in [-0.2, 0) is 11.3 Å². The number of methoxy groups -OCH3 is 1. The van der Waals surface area contributed by atoms with Gasteiger partial charge in [0.15, 0.2) is 5.78 Å². The summed E-state index contributed by atoms with van der Waals surface area (Å²) in [4.78, 5) is 11.4. The summed E-state index contributed by atoms with van der Waals surface area (Å²) in [6, 6.07) is 5.43. The van der Waals surface area contributed by atoms with Gasteiger partial charge in [0.1, 0.15) is 5.75 Å². The minimum atomic E-state index is -0.169. The molecule has 1 rings (SSSR count). The van der Waals surface area contributed by atoms with Gasteiger partial charge in [-0.2, -0.15) is 0 Å². The molecule has 0 aliphatic rings. The first-order valence-corrected chi connectivity index (χ1v) is 6.21. The van der Waals surface area contributed by atoms with Gasteiger partial charge in [-0.25, -0.2) is 0 Å². The highest BCUT2D eigenvalue weighted by molar-refractivity contribution is 5.94. The van der Waals surface area contributed by atoms with Crippen LogP contribution < -0.4 is 4.74 Å². The number of ether oxygens (including phenoxy) is 2. The predicted molar refractivity (Wildman–Crippen MR) is 72.2 cm³/mol. The number of Topliss-reactive ketones (excluding diaryl/α,β-unsaturated/α-hetero) is 1. The average Bonchev–Trinajstić information content (AvgIpc) is 2.36. The number of ketones is 1. The minimum absolute atomic E-state index is 0.0497. The summed E-state index contributed by atoms with van der Waals surface area (Å²) < 4.78 is 11.1. The summed E-state index contributed by atoms with van der Waals surface area (Å²) in [5.74, 6) is 0.806. The van der Waals surface area contributed by atoms with Crippen LogP contribution in [0.4, 0.5) is 0 Å². The molecule has 0 saturated carbocycles. The summed E-state index contributed by atoms with van der Waals surface area (Å²) in [7, 11) is 1.62. The molecule has 1 aromatic rings. The van der Waals surface area contributed by atoms with Gasteiger partial charge < -0.3 is 9.47 Å². The minimum Gasteiger partial charge on any atom is -0.496 e. The fourth-order valence-corrected chi connectivity index (χ4v) is 1.49. The number of rotatable bonds is 6. The Kier molecular flexibility index (Phi) is 4.91. The Balaban J connectivity index is 2.91. The molecule has 18 heavy (non-hydrogen) atoms. The van der Waals surface area contributed by atoms with Crippen molar-refractivity contribution in [3.8, 4) is 5.75 Å². The van der Waals surface area contributed by atoms with Crippen LogP contribution in [0.1, 0.15) is 50.0 Å². The molecule has 0 spiro atoms. The van der Waals surface area contributed by atoms with Crippen LogP contribution in [0.5, 0.6) is 5.75 Å². The average molecular weight is 250 g/mol. The molecule has 0 radical (unpaired) electrons. The van der Waals surface area contributed by atoms with Gasteiger partial charge in [-0.1, -0.05) is 6.92 Å². The van der Waals surface area contributed by atoms with Crippen molar-refractivity contribution in [3.05, 3.63) is 29.3 Å². The molecule has 0 aliphatic carbocycles. The van der Waals surface area contributed by atoms with Gasteiger partial charge in [0.25, 0.3) is 0 Å². The maximum Gasteiger partial charge on any atom is 0.159 e. The van der Waals surface area contributed by atoms with Crippen molar-refractivity contribution in [2.24, 2.45) is 0 Å². The monoisotopic (exact) mass is 250 g/mol. The SMILES string of the molecule is CCC(C)(C)OCc1cc(C(C)=O)ccc1OC. The quantitative estimate of drug-likeness (QED) is 0.724. The molecule has 3 nitrogen and oxygen atoms in total. The highest BCUT2D eigenvalue weighted by atomic mass is 16.5. The fourth-order valence-electron chi connectivity index (χ4n) is 1.49. The van der Waals surface area contributed by atoms with E-state index in [1.54, 1.807) is 20.1 Å². The standard InChI is InChI=1S/C15H22O3/c1-6-15(3,4)18-10-13-9-12(11(2)16)7-8-14(13)17-5/h7-9H,6,10H2,1-5H3. The van der Waals surface area contributed by atoms with E-state index in [0.717, 1.165) is 17.7 Å². The lowest BCUT2D eigenvalue weighted by Gasteiger charge is -2.24. The van der Waals surface area contributed by atoms with Crippen LogP contribution in [-0.4, -0.2) is 18.5 Å². The molecular weight excluding hydrogens is 228 g/mol. The zero-order chi connectivity index (χ0) is 13.8. The highest BCUT2D eigenvalue weighted by Gasteiger charge is 2.17. The van der Waals surface area contributed by atoms with E-state index in [1.165, 1.54) is 0 Å². The Morgan fingerprint density at radius 3 is 2.50 bits per heavy atom. The molecule has 0 saturated heterocycles. The van der Waals surface area contributed by atoms with Gasteiger partial charge in [-0.05, 0) is 45.4 Å². The van der Waals surface area contributed by atoms with Crippen LogP contribution in [0, 0.1) is 0 Å². The second kappa shape index (κ2) is 6.01. The normalized spacial score (nSPS) is 11.4. The van der Waals surface area contributed by atoms with E-state index in [0.29, 0.717) is 12.2 Å². The second-order valence-corrected chi connectivity index (χ2v) is 4.98. The van der Waals surface area contributed by atoms with E-state index in [1.807, 2.05) is 26.0 Å². The molecule has 0 aliphatic heterocycles. The Bertz CT molecular complexity index is 422. The van der Waals surface area contributed by atoms with Crippen molar-refractivity contribution >= 4 is 5.78 Å². The van der Waals surface area contributed by atoms with E-state index in [-0.39, 0.29) is 11.4 Å². The van der Waals surface area contributed by atoms with Crippen molar-refractivity contribution in [2.45, 2.75) is 46.3 Å². The predicted octanol–water partition coefficient (Wildman–Crippen LogP) is 3.60. The maximum atomic E-state index is 11.4. The van der Waals surface area contributed by atoms with E-state index in [2.05, 4.69) is 6.92 Å². The van der Waals surface area contributed by atoms with Crippen molar-refractivity contribution in [1.29, 1.82) is 0 Å². The largest absolute Gasteiger partial charge is 0.496 e. The second-order valence-electron chi connectivity index (χ2n) is 4.98. The van der Waals surface area contributed by atoms with Crippen LogP contribution >= 0.6 is 0 Å². The molecule has 0 N–H and O–H groups in total. The smallest absolute Gasteiger partial charge is 0.159 e. The van der Waals surface area contributed by atoms with Crippen LogP contribution in [0.3, 0.4) is 0 Å². The van der Waals surface area contributed by atoms with Gasteiger partial charge in [-0.15, -0.1) is 0 Å². The van der Waals surface area contributed by atoms with Crippen molar-refractivity contribution in [3.63, 3.8) is 0 Å². The van der Waals surface area contributed by atoms with Gasteiger partial charge in [0.05, 0.1) is 19.3 Å². The third-order valence-electron chi connectivity index (χ3n) is 3.16. The lowest BCUT2D eigenvalue weighted by Crippen LogP contribution is -2.22. The van der Waals surface area contributed by atoms with E-state index < -0.39 is 0 Å². The molecule has 100 valence electrons. The number of carbonyl (C=O) groups excluding carboxylic acids is 1. The number of hydrogen-bond acceptors (Lipinski definition) is 3. The van der Waals surface area contributed by atoms with Gasteiger partial charge in [0.2, 0.25) is 0 Å². The first-order chi connectivity index (χ1) is 8.39. The molecule has 0 bridgehead atoms. The molecular formula is C15H22O3. The first-order valence-electron chi connectivity index (χ1n) is 6.21. The van der Waals surface area contributed by atoms with Gasteiger partial charge >= 0.3 is 0 Å². The number of hydrogen-bond donors (Lipinski definition) is 0. The van der Waals surface area contributed by atoms with Crippen LogP contribution in [0.2, 0.25) is 0 Å². The maximum absolute atomic E-state index is 11.4. The zero-order valence-electron chi connectivity index (χ0n) is 11.9. The highest BCUT2D eigenvalue weighted by Crippen LogP contribution is 2.24. The molecule has 0 unspecified atom stereocenters. The third kappa shape index (κ3) is 3.84. The molecule has 1 aromatic carbocycles. The molecule has 0 amide bonds. The van der Waals surface area contributed by atoms with E-state index in [4.69, 9.17) is 9.47 Å². The molecule has 0 fully saturated rings. The Hall–Kier alpha value is -1.35. The van der Waals surface area contributed by atoms with Crippen LogP contribution in [0.15, 0.2) is 18.2 Å². The number of carbonyl (C=O) groups is 1. The van der Waals surface area contributed by atoms with Crippen molar-refractivity contribution in [2.75, 3.05) is 7.11 Å². The van der Waals surface area contributed by atoms with Crippen molar-refractivity contribution < 1.29 is 14.3 Å². The molecule has 3 heteroatoms. The lowest BCUT2D eigenvalue weighted by atomic mass is 10.1. The molecule has 0 heterocycles. The fraction of sp³-hybridized carbons (Fsp3) is 0.533. The number of benzene rings is 1. The molecule has 0 atom stereocenters. The Morgan fingerprint density at radius 2 is 2.00 bits per heavy atom. The van der Waals surface area contributed by atoms with Crippen LogP contribution in [0.25, 0.3) is 0 Å². The Morgan fingerprint density at radius 1 is 1.33 bits per heavy atom. The zero-order valence-corrected chi connectivity index (χ0v) is 11.9. The first kappa shape index (κ1) is 14.7. The summed E-state index contributed by atoms with van der Waals surface area (Å²) >= 11 is 0. The third-order valence-corrected chi connectivity index (χ3v) is 3.16. The van der Waals surface area contributed by atoms with Gasteiger partial charge in [0, 0.05) is 11.1 Å². The van der Waals surface area contributed by atoms with Gasteiger partial charge in [-0.3, -0.25) is 4.79 Å². The Labute approximate surface area is 109 Å². The summed E-state index contributed by atoms with van der Waals surface area (Å²) in [5, 5.41) is 0. The van der Waals surface area contributed by atoms with E-state index in [9.17, 15) is 4.79 Å².